The molecule has 0 amide bonds. The van der Waals surface area contributed by atoms with Gasteiger partial charge < -0.3 is 28.5 Å². The van der Waals surface area contributed by atoms with Crippen LogP contribution >= 0.6 is 0 Å². The largest absolute Gasteiger partial charge is 0.405 e. The van der Waals surface area contributed by atoms with Crippen LogP contribution in [0.25, 0.3) is 0 Å². The molecular formula is C31H40O6Si. The number of aliphatic hydroxyl groups is 1. The summed E-state index contributed by atoms with van der Waals surface area (Å²) in [6, 6.07) is 30.7. The Kier molecular flexibility index (Phi) is 9.54. The number of benzene rings is 3. The molecule has 3 aromatic rings. The Morgan fingerprint density at radius 2 is 1.29 bits per heavy atom. The molecule has 4 rings (SSSR count). The molecule has 0 aliphatic carbocycles. The van der Waals surface area contributed by atoms with E-state index in [9.17, 15) is 5.11 Å². The lowest BCUT2D eigenvalue weighted by Crippen LogP contribution is -2.68. The second-order valence-corrected chi connectivity index (χ2v) is 15.0. The van der Waals surface area contributed by atoms with Gasteiger partial charge in [-0.3, -0.25) is 0 Å². The molecular weight excluding hydrogens is 496 g/mol. The van der Waals surface area contributed by atoms with E-state index in [1.54, 1.807) is 14.2 Å². The highest BCUT2D eigenvalue weighted by Crippen LogP contribution is 2.37. The van der Waals surface area contributed by atoms with Crippen molar-refractivity contribution in [2.75, 3.05) is 20.8 Å². The summed E-state index contributed by atoms with van der Waals surface area (Å²) in [5.74, 6) is 0. The first-order valence-corrected chi connectivity index (χ1v) is 15.0. The van der Waals surface area contributed by atoms with Crippen molar-refractivity contribution in [2.24, 2.45) is 0 Å². The maximum atomic E-state index is 11.4. The first kappa shape index (κ1) is 28.6. The zero-order valence-electron chi connectivity index (χ0n) is 22.9. The van der Waals surface area contributed by atoms with Crippen molar-refractivity contribution in [2.45, 2.75) is 63.1 Å². The van der Waals surface area contributed by atoms with E-state index in [1.807, 2.05) is 42.5 Å². The predicted molar refractivity (Wildman–Crippen MR) is 151 cm³/mol. The molecule has 1 N–H and O–H groups in total. The van der Waals surface area contributed by atoms with Crippen LogP contribution in [0.2, 0.25) is 5.04 Å². The quantitative estimate of drug-likeness (QED) is 0.397. The molecule has 0 radical (unpaired) electrons. The maximum Gasteiger partial charge on any atom is 0.261 e. The van der Waals surface area contributed by atoms with Gasteiger partial charge in [-0.2, -0.15) is 0 Å². The third-order valence-electron chi connectivity index (χ3n) is 7.29. The van der Waals surface area contributed by atoms with Gasteiger partial charge in [0.05, 0.1) is 13.2 Å². The molecule has 2 unspecified atom stereocenters. The van der Waals surface area contributed by atoms with Crippen LogP contribution < -0.4 is 10.4 Å². The van der Waals surface area contributed by atoms with E-state index in [2.05, 4.69) is 69.3 Å². The van der Waals surface area contributed by atoms with E-state index in [-0.39, 0.29) is 11.6 Å². The van der Waals surface area contributed by atoms with Crippen LogP contribution in [0.15, 0.2) is 91.0 Å². The van der Waals surface area contributed by atoms with Gasteiger partial charge in [-0.05, 0) is 21.0 Å². The van der Waals surface area contributed by atoms with Gasteiger partial charge in [0.25, 0.3) is 8.32 Å². The van der Waals surface area contributed by atoms with Crippen LogP contribution in [0.3, 0.4) is 0 Å². The molecule has 1 saturated heterocycles. The third-order valence-corrected chi connectivity index (χ3v) is 12.3. The molecule has 5 atom stereocenters. The van der Waals surface area contributed by atoms with Crippen molar-refractivity contribution in [3.63, 3.8) is 0 Å². The second-order valence-electron chi connectivity index (χ2n) is 10.7. The Labute approximate surface area is 227 Å². The van der Waals surface area contributed by atoms with Gasteiger partial charge in [0.1, 0.15) is 24.4 Å². The normalized spacial score (nSPS) is 24.3. The fourth-order valence-electron chi connectivity index (χ4n) is 5.40. The standard InChI is InChI=1S/C31H40O6Si/c1-31(2,3)38(24-17-11-7-12-18-24,25-19-13-8-14-20-25)36-22-26-27(32)28(33-4)29(30(34-5)37-26)35-21-23-15-9-6-10-16-23/h6-20,26-30,32H,21-22H2,1-5H3/t26?,27-,28+,29?,30+/m1/s1. The van der Waals surface area contributed by atoms with Gasteiger partial charge in [0.15, 0.2) is 6.29 Å². The van der Waals surface area contributed by atoms with Crippen molar-refractivity contribution < 1.29 is 28.5 Å². The molecule has 1 heterocycles. The van der Waals surface area contributed by atoms with Crippen LogP contribution in [-0.2, 0) is 30.0 Å². The van der Waals surface area contributed by atoms with Crippen LogP contribution in [0, 0.1) is 0 Å². The third kappa shape index (κ3) is 5.94. The summed E-state index contributed by atoms with van der Waals surface area (Å²) in [4.78, 5) is 0. The molecule has 1 aliphatic rings. The second kappa shape index (κ2) is 12.7. The van der Waals surface area contributed by atoms with Gasteiger partial charge >= 0.3 is 0 Å². The maximum absolute atomic E-state index is 11.4. The van der Waals surface area contributed by atoms with Crippen molar-refractivity contribution in [1.82, 2.24) is 0 Å². The molecule has 1 aliphatic heterocycles. The fourth-order valence-corrected chi connectivity index (χ4v) is 9.97. The Balaban J connectivity index is 1.60. The average Bonchev–Trinajstić information content (AvgIpc) is 2.94. The predicted octanol–water partition coefficient (Wildman–Crippen LogP) is 3.90. The summed E-state index contributed by atoms with van der Waals surface area (Å²) in [6.45, 7) is 7.20. The lowest BCUT2D eigenvalue weighted by molar-refractivity contribution is -0.308. The molecule has 3 aromatic carbocycles. The summed E-state index contributed by atoms with van der Waals surface area (Å²) in [5.41, 5.74) is 1.02. The number of hydrogen-bond donors (Lipinski definition) is 1. The van der Waals surface area contributed by atoms with Gasteiger partial charge in [-0.25, -0.2) is 0 Å². The minimum Gasteiger partial charge on any atom is -0.405 e. The molecule has 38 heavy (non-hydrogen) atoms. The molecule has 0 spiro atoms. The minimum atomic E-state index is -2.81. The van der Waals surface area contributed by atoms with E-state index in [1.165, 1.54) is 10.4 Å². The van der Waals surface area contributed by atoms with Crippen molar-refractivity contribution in [1.29, 1.82) is 0 Å². The highest BCUT2D eigenvalue weighted by molar-refractivity contribution is 6.99. The number of hydrogen-bond acceptors (Lipinski definition) is 6. The van der Waals surface area contributed by atoms with Crippen LogP contribution in [0.1, 0.15) is 26.3 Å². The molecule has 0 saturated carbocycles. The highest BCUT2D eigenvalue weighted by Gasteiger charge is 2.52. The Morgan fingerprint density at radius 1 is 0.763 bits per heavy atom. The summed E-state index contributed by atoms with van der Waals surface area (Å²) in [7, 11) is 0.344. The fraction of sp³-hybridized carbons (Fsp3) is 0.419. The zero-order chi connectivity index (χ0) is 27.2. The van der Waals surface area contributed by atoms with Crippen LogP contribution in [0.4, 0.5) is 0 Å². The van der Waals surface area contributed by atoms with E-state index >= 15 is 0 Å². The molecule has 7 heteroatoms. The highest BCUT2D eigenvalue weighted by atomic mass is 28.4. The minimum absolute atomic E-state index is 0.180. The van der Waals surface area contributed by atoms with E-state index in [0.717, 1.165) is 5.56 Å². The molecule has 0 bridgehead atoms. The van der Waals surface area contributed by atoms with Gasteiger partial charge in [-0.15, -0.1) is 0 Å². The van der Waals surface area contributed by atoms with E-state index in [4.69, 9.17) is 23.4 Å². The molecule has 6 nitrogen and oxygen atoms in total. The Hall–Kier alpha value is -2.36. The summed E-state index contributed by atoms with van der Waals surface area (Å²) in [6.07, 6.45) is -3.61. The number of methoxy groups -OCH3 is 2. The van der Waals surface area contributed by atoms with Crippen LogP contribution in [-0.4, -0.2) is 65.0 Å². The van der Waals surface area contributed by atoms with Gasteiger partial charge in [0, 0.05) is 14.2 Å². The van der Waals surface area contributed by atoms with Gasteiger partial charge in [0.2, 0.25) is 0 Å². The topological polar surface area (TPSA) is 66.4 Å². The molecule has 0 aromatic heterocycles. The average molecular weight is 537 g/mol. The van der Waals surface area contributed by atoms with Crippen molar-refractivity contribution in [3.8, 4) is 0 Å². The van der Waals surface area contributed by atoms with Crippen LogP contribution in [0.5, 0.6) is 0 Å². The monoisotopic (exact) mass is 536 g/mol. The molecule has 1 fully saturated rings. The number of rotatable bonds is 10. The Morgan fingerprint density at radius 3 is 1.76 bits per heavy atom. The smallest absolute Gasteiger partial charge is 0.261 e. The van der Waals surface area contributed by atoms with E-state index < -0.39 is 39.0 Å². The molecule has 204 valence electrons. The van der Waals surface area contributed by atoms with E-state index in [0.29, 0.717) is 6.61 Å². The first-order valence-electron chi connectivity index (χ1n) is 13.1. The first-order chi connectivity index (χ1) is 18.3. The zero-order valence-corrected chi connectivity index (χ0v) is 23.9. The van der Waals surface area contributed by atoms with Crippen molar-refractivity contribution in [3.05, 3.63) is 96.6 Å². The Bertz CT molecular complexity index is 1070. The number of ether oxygens (including phenoxy) is 4. The summed E-state index contributed by atoms with van der Waals surface area (Å²) in [5, 5.41) is 13.5. The SMILES string of the molecule is CO[C@H]1OC(CO[Si](c2ccccc2)(c2ccccc2)C(C)(C)C)[C@@H](O)[C@H](OC)C1OCc1ccccc1. The van der Waals surface area contributed by atoms with Crippen molar-refractivity contribution >= 4 is 18.7 Å². The van der Waals surface area contributed by atoms with Gasteiger partial charge in [-0.1, -0.05) is 112 Å². The summed E-state index contributed by atoms with van der Waals surface area (Å²) >= 11 is 0. The summed E-state index contributed by atoms with van der Waals surface area (Å²) < 4.78 is 30.9. The number of aliphatic hydroxyl groups excluding tert-OH is 1. The lowest BCUT2D eigenvalue weighted by Gasteiger charge is -2.46. The lowest BCUT2D eigenvalue weighted by atomic mass is 9.99.